The Hall–Kier alpha value is -3.02. The van der Waals surface area contributed by atoms with E-state index in [-0.39, 0.29) is 25.0 Å². The number of ether oxygens (including phenoxy) is 2. The van der Waals surface area contributed by atoms with E-state index in [9.17, 15) is 9.59 Å². The second kappa shape index (κ2) is 7.47. The van der Waals surface area contributed by atoms with Gasteiger partial charge in [0.2, 0.25) is 12.0 Å². The van der Waals surface area contributed by atoms with Gasteiger partial charge in [0.05, 0.1) is 6.54 Å². The zero-order valence-corrected chi connectivity index (χ0v) is 15.1. The van der Waals surface area contributed by atoms with Crippen molar-refractivity contribution in [3.8, 4) is 11.5 Å². The zero-order valence-electron chi connectivity index (χ0n) is 15.1. The maximum Gasteiger partial charge on any atom is 0.265 e. The summed E-state index contributed by atoms with van der Waals surface area (Å²) < 4.78 is 11.1. The van der Waals surface area contributed by atoms with Gasteiger partial charge in [-0.2, -0.15) is 0 Å². The van der Waals surface area contributed by atoms with Crippen LogP contribution in [0.5, 0.6) is 11.5 Å². The fraction of sp³-hybridized carbons (Fsp3) is 0.300. The SMILES string of the molecule is Cc1cc(C)c(NC(=O)CNC(=O)[C@@H]2COc3ccccc3O2)c(C)c1. The van der Waals surface area contributed by atoms with E-state index in [1.165, 1.54) is 0 Å². The molecule has 0 spiro atoms. The van der Waals surface area contributed by atoms with Crippen LogP contribution >= 0.6 is 0 Å². The van der Waals surface area contributed by atoms with Crippen molar-refractivity contribution in [2.45, 2.75) is 26.9 Å². The van der Waals surface area contributed by atoms with Crippen molar-refractivity contribution in [2.24, 2.45) is 0 Å². The molecule has 0 fully saturated rings. The molecule has 0 unspecified atom stereocenters. The summed E-state index contributed by atoms with van der Waals surface area (Å²) in [5.74, 6) is 0.464. The molecule has 2 aromatic rings. The van der Waals surface area contributed by atoms with Crippen LogP contribution < -0.4 is 20.1 Å². The molecular formula is C20H22N2O4. The van der Waals surface area contributed by atoms with Crippen molar-refractivity contribution in [3.05, 3.63) is 53.1 Å². The minimum atomic E-state index is -0.777. The van der Waals surface area contributed by atoms with E-state index in [1.54, 1.807) is 12.1 Å². The quantitative estimate of drug-likeness (QED) is 0.884. The number of amides is 2. The van der Waals surface area contributed by atoms with Gasteiger partial charge in [-0.3, -0.25) is 9.59 Å². The molecule has 136 valence electrons. The van der Waals surface area contributed by atoms with Gasteiger partial charge in [-0.25, -0.2) is 0 Å². The van der Waals surface area contributed by atoms with Gasteiger partial charge in [0, 0.05) is 5.69 Å². The summed E-state index contributed by atoms with van der Waals surface area (Å²) in [4.78, 5) is 24.4. The molecule has 1 atom stereocenters. The molecule has 2 amide bonds. The Balaban J connectivity index is 1.54. The van der Waals surface area contributed by atoms with Crippen LogP contribution in [0, 0.1) is 20.8 Å². The van der Waals surface area contributed by atoms with Crippen molar-refractivity contribution in [2.75, 3.05) is 18.5 Å². The lowest BCUT2D eigenvalue weighted by Gasteiger charge is -2.25. The van der Waals surface area contributed by atoms with Crippen molar-refractivity contribution in [1.29, 1.82) is 0 Å². The van der Waals surface area contributed by atoms with E-state index >= 15 is 0 Å². The van der Waals surface area contributed by atoms with E-state index in [2.05, 4.69) is 10.6 Å². The predicted molar refractivity (Wildman–Crippen MR) is 98.6 cm³/mol. The van der Waals surface area contributed by atoms with Crippen LogP contribution in [0.25, 0.3) is 0 Å². The molecular weight excluding hydrogens is 332 g/mol. The highest BCUT2D eigenvalue weighted by atomic mass is 16.6. The van der Waals surface area contributed by atoms with Gasteiger partial charge in [0.15, 0.2) is 11.5 Å². The second-order valence-corrected chi connectivity index (χ2v) is 6.40. The Kier molecular flexibility index (Phi) is 5.11. The molecule has 0 saturated heterocycles. The number of rotatable bonds is 4. The first-order valence-corrected chi connectivity index (χ1v) is 8.48. The molecule has 1 aliphatic heterocycles. The first-order valence-electron chi connectivity index (χ1n) is 8.48. The molecule has 6 heteroatoms. The maximum absolute atomic E-state index is 12.2. The third-order valence-corrected chi connectivity index (χ3v) is 4.17. The fourth-order valence-corrected chi connectivity index (χ4v) is 2.99. The summed E-state index contributed by atoms with van der Waals surface area (Å²) in [6, 6.07) is 11.2. The van der Waals surface area contributed by atoms with Gasteiger partial charge in [-0.05, 0) is 44.0 Å². The van der Waals surface area contributed by atoms with Crippen LogP contribution in [0.2, 0.25) is 0 Å². The molecule has 6 nitrogen and oxygen atoms in total. The number of aryl methyl sites for hydroxylation is 3. The lowest BCUT2D eigenvalue weighted by Crippen LogP contribution is -2.46. The average Bonchev–Trinajstić information content (AvgIpc) is 2.62. The number of anilines is 1. The van der Waals surface area contributed by atoms with E-state index in [1.807, 2.05) is 45.0 Å². The maximum atomic E-state index is 12.2. The van der Waals surface area contributed by atoms with Crippen LogP contribution in [0.4, 0.5) is 5.69 Å². The minimum Gasteiger partial charge on any atom is -0.485 e. The number of hydrogen-bond donors (Lipinski definition) is 2. The van der Waals surface area contributed by atoms with Gasteiger partial charge in [0.1, 0.15) is 6.61 Å². The average molecular weight is 354 g/mol. The highest BCUT2D eigenvalue weighted by molar-refractivity contribution is 5.96. The Bertz CT molecular complexity index is 824. The summed E-state index contributed by atoms with van der Waals surface area (Å²) >= 11 is 0. The van der Waals surface area contributed by atoms with Crippen molar-refractivity contribution in [3.63, 3.8) is 0 Å². The summed E-state index contributed by atoms with van der Waals surface area (Å²) in [7, 11) is 0. The van der Waals surface area contributed by atoms with Crippen LogP contribution in [-0.2, 0) is 9.59 Å². The number of benzene rings is 2. The van der Waals surface area contributed by atoms with E-state index in [0.717, 1.165) is 22.4 Å². The highest BCUT2D eigenvalue weighted by Gasteiger charge is 2.27. The zero-order chi connectivity index (χ0) is 18.7. The third-order valence-electron chi connectivity index (χ3n) is 4.17. The number of fused-ring (bicyclic) bond motifs is 1. The molecule has 1 heterocycles. The Morgan fingerprint density at radius 2 is 1.73 bits per heavy atom. The molecule has 1 aliphatic rings. The molecule has 0 aliphatic carbocycles. The molecule has 2 aromatic carbocycles. The predicted octanol–water partition coefficient (Wildman–Crippen LogP) is 2.51. The highest BCUT2D eigenvalue weighted by Crippen LogP contribution is 2.30. The minimum absolute atomic E-state index is 0.112. The molecule has 3 rings (SSSR count). The number of nitrogens with one attached hydrogen (secondary N) is 2. The molecule has 2 N–H and O–H groups in total. The smallest absolute Gasteiger partial charge is 0.265 e. The number of hydrogen-bond acceptors (Lipinski definition) is 4. The van der Waals surface area contributed by atoms with Gasteiger partial charge in [0.25, 0.3) is 5.91 Å². The van der Waals surface area contributed by atoms with E-state index in [0.29, 0.717) is 11.5 Å². The largest absolute Gasteiger partial charge is 0.485 e. The standard InChI is InChI=1S/C20H22N2O4/c1-12-8-13(2)19(14(3)9-12)22-18(23)10-21-20(24)17-11-25-15-6-4-5-7-16(15)26-17/h4-9,17H,10-11H2,1-3H3,(H,21,24)(H,22,23)/t17-/m0/s1. The lowest BCUT2D eigenvalue weighted by molar-refractivity contribution is -0.131. The fourth-order valence-electron chi connectivity index (χ4n) is 2.99. The normalized spacial score (nSPS) is 15.3. The Labute approximate surface area is 152 Å². The van der Waals surface area contributed by atoms with Crippen molar-refractivity contribution >= 4 is 17.5 Å². The molecule has 26 heavy (non-hydrogen) atoms. The lowest BCUT2D eigenvalue weighted by atomic mass is 10.1. The van der Waals surface area contributed by atoms with Crippen LogP contribution in [-0.4, -0.2) is 31.1 Å². The van der Waals surface area contributed by atoms with E-state index < -0.39 is 6.10 Å². The van der Waals surface area contributed by atoms with Gasteiger partial charge < -0.3 is 20.1 Å². The monoisotopic (exact) mass is 354 g/mol. The number of carbonyl (C=O) groups is 2. The summed E-state index contributed by atoms with van der Waals surface area (Å²) in [6.07, 6.45) is -0.777. The Morgan fingerprint density at radius 3 is 2.42 bits per heavy atom. The molecule has 0 saturated carbocycles. The van der Waals surface area contributed by atoms with Crippen molar-refractivity contribution < 1.29 is 19.1 Å². The Morgan fingerprint density at radius 1 is 1.08 bits per heavy atom. The van der Waals surface area contributed by atoms with Gasteiger partial charge >= 0.3 is 0 Å². The third kappa shape index (κ3) is 3.96. The van der Waals surface area contributed by atoms with Crippen LogP contribution in [0.3, 0.4) is 0 Å². The molecule has 0 aromatic heterocycles. The van der Waals surface area contributed by atoms with Crippen LogP contribution in [0.1, 0.15) is 16.7 Å². The summed E-state index contributed by atoms with van der Waals surface area (Å²) in [5, 5.41) is 5.45. The molecule has 0 radical (unpaired) electrons. The number of carbonyl (C=O) groups excluding carboxylic acids is 2. The topological polar surface area (TPSA) is 76.7 Å². The first-order chi connectivity index (χ1) is 12.4. The van der Waals surface area contributed by atoms with Crippen molar-refractivity contribution in [1.82, 2.24) is 5.32 Å². The molecule has 0 bridgehead atoms. The second-order valence-electron chi connectivity index (χ2n) is 6.40. The number of para-hydroxylation sites is 2. The van der Waals surface area contributed by atoms with Crippen LogP contribution in [0.15, 0.2) is 36.4 Å². The van der Waals surface area contributed by atoms with Gasteiger partial charge in [-0.1, -0.05) is 29.8 Å². The van der Waals surface area contributed by atoms with Gasteiger partial charge in [-0.15, -0.1) is 0 Å². The summed E-state index contributed by atoms with van der Waals surface area (Å²) in [6.45, 7) is 5.88. The first kappa shape index (κ1) is 17.8. The van der Waals surface area contributed by atoms with E-state index in [4.69, 9.17) is 9.47 Å². The summed E-state index contributed by atoms with van der Waals surface area (Å²) in [5.41, 5.74) is 3.90.